The SMILES string of the molecule is Nc1ccc2c(C(=O)NCc3ccccc3F)nccc2c1. The number of anilines is 1. The molecule has 0 fully saturated rings. The number of benzene rings is 2. The quantitative estimate of drug-likeness (QED) is 0.730. The lowest BCUT2D eigenvalue weighted by Gasteiger charge is -2.08. The Morgan fingerprint density at radius 3 is 2.82 bits per heavy atom. The molecule has 22 heavy (non-hydrogen) atoms. The highest BCUT2D eigenvalue weighted by Crippen LogP contribution is 2.19. The van der Waals surface area contributed by atoms with Crippen molar-refractivity contribution in [1.29, 1.82) is 0 Å². The fourth-order valence-electron chi connectivity index (χ4n) is 2.28. The number of aromatic nitrogens is 1. The van der Waals surface area contributed by atoms with Gasteiger partial charge >= 0.3 is 0 Å². The zero-order valence-corrected chi connectivity index (χ0v) is 11.7. The Hall–Kier alpha value is -2.95. The number of hydrogen-bond donors (Lipinski definition) is 2. The van der Waals surface area contributed by atoms with Crippen LogP contribution in [0.4, 0.5) is 10.1 Å². The molecule has 3 aromatic rings. The summed E-state index contributed by atoms with van der Waals surface area (Å²) in [4.78, 5) is 16.4. The van der Waals surface area contributed by atoms with Crippen LogP contribution in [0.3, 0.4) is 0 Å². The molecule has 0 atom stereocenters. The monoisotopic (exact) mass is 295 g/mol. The Bertz CT molecular complexity index is 848. The number of carbonyl (C=O) groups is 1. The molecule has 0 bridgehead atoms. The molecule has 0 aliphatic heterocycles. The van der Waals surface area contributed by atoms with Crippen LogP contribution in [0.15, 0.2) is 54.7 Å². The van der Waals surface area contributed by atoms with E-state index in [0.717, 1.165) is 5.39 Å². The molecule has 0 unspecified atom stereocenters. The second-order valence-electron chi connectivity index (χ2n) is 4.91. The summed E-state index contributed by atoms with van der Waals surface area (Å²) in [6.45, 7) is 0.110. The highest BCUT2D eigenvalue weighted by Gasteiger charge is 2.12. The maximum atomic E-state index is 13.6. The lowest BCUT2D eigenvalue weighted by atomic mass is 10.1. The van der Waals surface area contributed by atoms with Crippen LogP contribution in [-0.2, 0) is 6.54 Å². The maximum absolute atomic E-state index is 13.6. The van der Waals surface area contributed by atoms with E-state index in [-0.39, 0.29) is 18.3 Å². The lowest BCUT2D eigenvalue weighted by molar-refractivity contribution is 0.0947. The van der Waals surface area contributed by atoms with Gasteiger partial charge in [0.05, 0.1) is 0 Å². The average Bonchev–Trinajstić information content (AvgIpc) is 2.53. The molecule has 0 saturated heterocycles. The molecule has 0 radical (unpaired) electrons. The van der Waals surface area contributed by atoms with Gasteiger partial charge in [-0.25, -0.2) is 4.39 Å². The molecule has 2 aromatic carbocycles. The number of hydrogen-bond acceptors (Lipinski definition) is 3. The van der Waals surface area contributed by atoms with Gasteiger partial charge in [-0.1, -0.05) is 18.2 Å². The Labute approximate surface area is 126 Å². The predicted molar refractivity (Wildman–Crippen MR) is 83.7 cm³/mol. The average molecular weight is 295 g/mol. The summed E-state index contributed by atoms with van der Waals surface area (Å²) in [5.74, 6) is -0.694. The number of nitrogen functional groups attached to an aromatic ring is 1. The normalized spacial score (nSPS) is 10.6. The first-order valence-corrected chi connectivity index (χ1v) is 6.81. The van der Waals surface area contributed by atoms with Crippen molar-refractivity contribution in [3.63, 3.8) is 0 Å². The third-order valence-corrected chi connectivity index (χ3v) is 3.40. The largest absolute Gasteiger partial charge is 0.399 e. The lowest BCUT2D eigenvalue weighted by Crippen LogP contribution is -2.24. The highest BCUT2D eigenvalue weighted by molar-refractivity contribution is 6.05. The van der Waals surface area contributed by atoms with Crippen molar-refractivity contribution in [2.75, 3.05) is 5.73 Å². The number of rotatable bonds is 3. The molecule has 0 spiro atoms. The molecule has 0 aliphatic rings. The van der Waals surface area contributed by atoms with E-state index < -0.39 is 0 Å². The Morgan fingerprint density at radius 2 is 2.00 bits per heavy atom. The van der Waals surface area contributed by atoms with Crippen LogP contribution in [0, 0.1) is 5.82 Å². The van der Waals surface area contributed by atoms with Crippen LogP contribution in [-0.4, -0.2) is 10.9 Å². The number of halogens is 1. The van der Waals surface area contributed by atoms with Crippen molar-refractivity contribution in [3.05, 3.63) is 71.8 Å². The van der Waals surface area contributed by atoms with Crippen molar-refractivity contribution in [3.8, 4) is 0 Å². The number of carbonyl (C=O) groups excluding carboxylic acids is 1. The fraction of sp³-hybridized carbons (Fsp3) is 0.0588. The highest BCUT2D eigenvalue weighted by atomic mass is 19.1. The van der Waals surface area contributed by atoms with Crippen LogP contribution < -0.4 is 11.1 Å². The van der Waals surface area contributed by atoms with E-state index in [0.29, 0.717) is 22.3 Å². The minimum Gasteiger partial charge on any atom is -0.399 e. The van der Waals surface area contributed by atoms with Crippen molar-refractivity contribution in [1.82, 2.24) is 10.3 Å². The maximum Gasteiger partial charge on any atom is 0.270 e. The van der Waals surface area contributed by atoms with Crippen LogP contribution in [0.2, 0.25) is 0 Å². The number of pyridine rings is 1. The number of nitrogens with zero attached hydrogens (tertiary/aromatic N) is 1. The molecule has 110 valence electrons. The molecule has 0 saturated carbocycles. The summed E-state index contributed by atoms with van der Waals surface area (Å²) < 4.78 is 13.6. The summed E-state index contributed by atoms with van der Waals surface area (Å²) in [5, 5.41) is 4.24. The summed E-state index contributed by atoms with van der Waals surface area (Å²) >= 11 is 0. The van der Waals surface area contributed by atoms with Gasteiger partial charge in [0.25, 0.3) is 5.91 Å². The van der Waals surface area contributed by atoms with Crippen LogP contribution in [0.25, 0.3) is 10.8 Å². The zero-order chi connectivity index (χ0) is 15.5. The van der Waals surface area contributed by atoms with Crippen molar-refractivity contribution < 1.29 is 9.18 Å². The van der Waals surface area contributed by atoms with Crippen molar-refractivity contribution in [2.45, 2.75) is 6.54 Å². The minimum atomic E-state index is -0.348. The van der Waals surface area contributed by atoms with Gasteiger partial charge in [0.2, 0.25) is 0 Å². The third kappa shape index (κ3) is 2.74. The van der Waals surface area contributed by atoms with Gasteiger partial charge in [-0.2, -0.15) is 0 Å². The molecular weight excluding hydrogens is 281 g/mol. The molecule has 3 N–H and O–H groups in total. The minimum absolute atomic E-state index is 0.110. The van der Waals surface area contributed by atoms with Crippen molar-refractivity contribution >= 4 is 22.4 Å². The molecule has 4 nitrogen and oxygen atoms in total. The van der Waals surface area contributed by atoms with Crippen molar-refractivity contribution in [2.24, 2.45) is 0 Å². The Morgan fingerprint density at radius 1 is 1.18 bits per heavy atom. The van der Waals surface area contributed by atoms with Gasteiger partial charge in [-0.15, -0.1) is 0 Å². The summed E-state index contributed by atoms with van der Waals surface area (Å²) in [6.07, 6.45) is 1.56. The van der Waals surface area contributed by atoms with Crippen LogP contribution >= 0.6 is 0 Å². The molecular formula is C17H14FN3O. The van der Waals surface area contributed by atoms with Gasteiger partial charge in [-0.3, -0.25) is 9.78 Å². The molecule has 0 aliphatic carbocycles. The standard InChI is InChI=1S/C17H14FN3O/c18-15-4-2-1-3-12(15)10-21-17(22)16-14-6-5-13(19)9-11(14)7-8-20-16/h1-9H,10,19H2,(H,21,22). The first kappa shape index (κ1) is 14.0. The number of amides is 1. The zero-order valence-electron chi connectivity index (χ0n) is 11.7. The smallest absolute Gasteiger partial charge is 0.270 e. The van der Waals surface area contributed by atoms with E-state index in [1.54, 1.807) is 48.7 Å². The predicted octanol–water partition coefficient (Wildman–Crippen LogP) is 2.89. The molecule has 1 heterocycles. The Kier molecular flexibility index (Phi) is 3.70. The first-order chi connectivity index (χ1) is 10.6. The van der Waals surface area contributed by atoms with E-state index >= 15 is 0 Å². The van der Waals surface area contributed by atoms with E-state index in [1.165, 1.54) is 6.07 Å². The molecule has 5 heteroatoms. The summed E-state index contributed by atoms with van der Waals surface area (Å²) in [5.41, 5.74) is 7.09. The molecule has 3 rings (SSSR count). The number of fused-ring (bicyclic) bond motifs is 1. The van der Waals surface area contributed by atoms with Gasteiger partial charge < -0.3 is 11.1 Å². The summed E-state index contributed by atoms with van der Waals surface area (Å²) in [7, 11) is 0. The van der Waals surface area contributed by atoms with E-state index in [1.807, 2.05) is 0 Å². The molecule has 1 amide bonds. The third-order valence-electron chi connectivity index (χ3n) is 3.40. The summed E-state index contributed by atoms with van der Waals surface area (Å²) in [6, 6.07) is 13.4. The Balaban J connectivity index is 1.85. The van der Waals surface area contributed by atoms with Crippen LogP contribution in [0.1, 0.15) is 16.1 Å². The number of nitrogens with two attached hydrogens (primary N) is 1. The molecule has 1 aromatic heterocycles. The topological polar surface area (TPSA) is 68.0 Å². The fourth-order valence-corrected chi connectivity index (χ4v) is 2.28. The number of nitrogens with one attached hydrogen (secondary N) is 1. The van der Waals surface area contributed by atoms with E-state index in [9.17, 15) is 9.18 Å². The van der Waals surface area contributed by atoms with Crippen LogP contribution in [0.5, 0.6) is 0 Å². The van der Waals surface area contributed by atoms with Gasteiger partial charge in [0.15, 0.2) is 0 Å². The van der Waals surface area contributed by atoms with Gasteiger partial charge in [-0.05, 0) is 35.7 Å². The second-order valence-corrected chi connectivity index (χ2v) is 4.91. The van der Waals surface area contributed by atoms with E-state index in [2.05, 4.69) is 10.3 Å². The van der Waals surface area contributed by atoms with E-state index in [4.69, 9.17) is 5.73 Å². The van der Waals surface area contributed by atoms with Gasteiger partial charge in [0.1, 0.15) is 11.5 Å². The first-order valence-electron chi connectivity index (χ1n) is 6.81. The van der Waals surface area contributed by atoms with Gasteiger partial charge in [0, 0.05) is 29.4 Å². The second kappa shape index (κ2) is 5.81.